The van der Waals surface area contributed by atoms with E-state index in [2.05, 4.69) is 72.7 Å². The second-order valence-electron chi connectivity index (χ2n) is 9.36. The maximum absolute atomic E-state index is 10.8. The normalized spacial score (nSPS) is 12.4. The first-order valence-corrected chi connectivity index (χ1v) is 9.65. The summed E-state index contributed by atoms with van der Waals surface area (Å²) >= 11 is 0. The molecule has 0 unspecified atom stereocenters. The molecule has 0 fully saturated rings. The van der Waals surface area contributed by atoms with Gasteiger partial charge in [0.25, 0.3) is 0 Å². The zero-order valence-corrected chi connectivity index (χ0v) is 17.8. The van der Waals surface area contributed by atoms with E-state index >= 15 is 0 Å². The van der Waals surface area contributed by atoms with E-state index in [0.29, 0.717) is 19.0 Å². The van der Waals surface area contributed by atoms with Crippen LogP contribution in [0, 0.1) is 6.92 Å². The molecule has 2 aromatic carbocycles. The summed E-state index contributed by atoms with van der Waals surface area (Å²) in [4.78, 5) is 10.7. The van der Waals surface area contributed by atoms with Gasteiger partial charge in [0.05, 0.1) is 6.61 Å². The highest BCUT2D eigenvalue weighted by molar-refractivity contribution is 5.49. The van der Waals surface area contributed by atoms with Crippen molar-refractivity contribution >= 4 is 0 Å². The van der Waals surface area contributed by atoms with Crippen LogP contribution in [0.2, 0.25) is 0 Å². The summed E-state index contributed by atoms with van der Waals surface area (Å²) in [7, 11) is 0. The van der Waals surface area contributed by atoms with E-state index in [1.165, 1.54) is 5.56 Å². The van der Waals surface area contributed by atoms with Gasteiger partial charge >= 0.3 is 0 Å². The first-order valence-electron chi connectivity index (χ1n) is 9.65. The predicted molar refractivity (Wildman–Crippen MR) is 111 cm³/mol. The lowest BCUT2D eigenvalue weighted by atomic mass is 9.78. The van der Waals surface area contributed by atoms with Crippen molar-refractivity contribution in [1.82, 2.24) is 0 Å². The van der Waals surface area contributed by atoms with Crippen LogP contribution in [0.15, 0.2) is 36.4 Å². The molecule has 0 saturated heterocycles. The van der Waals surface area contributed by atoms with Crippen molar-refractivity contribution in [1.29, 1.82) is 0 Å². The molecular formula is C24H34O3. The van der Waals surface area contributed by atoms with Gasteiger partial charge in [0.2, 0.25) is 0 Å². The van der Waals surface area contributed by atoms with E-state index in [-0.39, 0.29) is 10.8 Å². The molecular weight excluding hydrogens is 336 g/mol. The van der Waals surface area contributed by atoms with Gasteiger partial charge in [0.1, 0.15) is 12.4 Å². The number of hydrogen-bond donors (Lipinski definition) is 1. The van der Waals surface area contributed by atoms with Crippen molar-refractivity contribution in [2.24, 2.45) is 0 Å². The van der Waals surface area contributed by atoms with Crippen molar-refractivity contribution in [3.63, 3.8) is 0 Å². The number of aromatic hydroxyl groups is 1. The first kappa shape index (κ1) is 21.5. The van der Waals surface area contributed by atoms with Crippen LogP contribution in [-0.2, 0) is 33.6 Å². The van der Waals surface area contributed by atoms with Crippen molar-refractivity contribution in [3.8, 4) is 5.75 Å². The van der Waals surface area contributed by atoms with Crippen LogP contribution in [0.25, 0.3) is 0 Å². The quantitative estimate of drug-likeness (QED) is 0.386. The fourth-order valence-electron chi connectivity index (χ4n) is 2.99. The first-order chi connectivity index (χ1) is 12.5. The van der Waals surface area contributed by atoms with Gasteiger partial charge in [0, 0.05) is 0 Å². The van der Waals surface area contributed by atoms with E-state index in [1.807, 2.05) is 12.1 Å². The summed E-state index contributed by atoms with van der Waals surface area (Å²) in [6.07, 6.45) is 0.736. The van der Waals surface area contributed by atoms with E-state index in [0.717, 1.165) is 28.7 Å². The number of benzene rings is 2. The maximum atomic E-state index is 10.8. The van der Waals surface area contributed by atoms with Gasteiger partial charge in [-0.3, -0.25) is 0 Å². The van der Waals surface area contributed by atoms with Crippen LogP contribution in [0.1, 0.15) is 69.4 Å². The van der Waals surface area contributed by atoms with Crippen LogP contribution in [0.4, 0.5) is 0 Å². The molecule has 1 N–H and O–H groups in total. The highest BCUT2D eigenvalue weighted by atomic mass is 17.2. The zero-order valence-electron chi connectivity index (χ0n) is 17.8. The third-order valence-electron chi connectivity index (χ3n) is 4.69. The van der Waals surface area contributed by atoms with Crippen LogP contribution in [0.5, 0.6) is 5.75 Å². The fraction of sp³-hybridized carbons (Fsp3) is 0.500. The van der Waals surface area contributed by atoms with Gasteiger partial charge in [-0.2, -0.15) is 0 Å². The lowest BCUT2D eigenvalue weighted by Gasteiger charge is -2.28. The number of phenolic OH excluding ortho intramolecular Hbond substituents is 1. The van der Waals surface area contributed by atoms with E-state index < -0.39 is 0 Å². The van der Waals surface area contributed by atoms with Gasteiger partial charge in [0.15, 0.2) is 0 Å². The fourth-order valence-corrected chi connectivity index (χ4v) is 2.99. The Morgan fingerprint density at radius 2 is 1.30 bits per heavy atom. The molecule has 0 aliphatic carbocycles. The molecule has 27 heavy (non-hydrogen) atoms. The third-order valence-corrected chi connectivity index (χ3v) is 4.69. The van der Waals surface area contributed by atoms with Gasteiger partial charge < -0.3 is 5.11 Å². The van der Waals surface area contributed by atoms with Crippen molar-refractivity contribution in [2.75, 3.05) is 6.61 Å². The lowest BCUT2D eigenvalue weighted by molar-refractivity contribution is -0.303. The Bertz CT molecular complexity index is 712. The van der Waals surface area contributed by atoms with Crippen molar-refractivity contribution < 1.29 is 14.9 Å². The van der Waals surface area contributed by atoms with Gasteiger partial charge in [-0.05, 0) is 46.4 Å². The summed E-state index contributed by atoms with van der Waals surface area (Å²) in [5.74, 6) is 0.412. The second kappa shape index (κ2) is 8.45. The average Bonchev–Trinajstić information content (AvgIpc) is 2.55. The third kappa shape index (κ3) is 6.08. The molecule has 0 radical (unpaired) electrons. The summed E-state index contributed by atoms with van der Waals surface area (Å²) in [5.41, 5.74) is 5.19. The topological polar surface area (TPSA) is 38.7 Å². The minimum Gasteiger partial charge on any atom is -0.507 e. The maximum Gasteiger partial charge on any atom is 0.123 e. The summed E-state index contributed by atoms with van der Waals surface area (Å²) in [6.45, 7) is 15.7. The van der Waals surface area contributed by atoms with E-state index in [1.54, 1.807) is 0 Å². The molecule has 0 spiro atoms. The zero-order chi connectivity index (χ0) is 20.2. The Kier molecular flexibility index (Phi) is 6.72. The second-order valence-corrected chi connectivity index (χ2v) is 9.36. The van der Waals surface area contributed by atoms with E-state index in [4.69, 9.17) is 9.78 Å². The van der Waals surface area contributed by atoms with Gasteiger partial charge in [-0.1, -0.05) is 83.5 Å². The summed E-state index contributed by atoms with van der Waals surface area (Å²) < 4.78 is 0. The van der Waals surface area contributed by atoms with Crippen LogP contribution < -0.4 is 0 Å². The SMILES string of the molecule is Cc1ccc(COOCCc2cc(C(C)(C)C)c(O)c(C(C)(C)C)c2)cc1. The molecule has 0 aliphatic heterocycles. The minimum atomic E-state index is -0.122. The molecule has 2 rings (SSSR count). The minimum absolute atomic E-state index is 0.122. The highest BCUT2D eigenvalue weighted by Crippen LogP contribution is 2.39. The molecule has 0 heterocycles. The number of rotatable bonds is 6. The Balaban J connectivity index is 2.02. The highest BCUT2D eigenvalue weighted by Gasteiger charge is 2.26. The Hall–Kier alpha value is -1.84. The molecule has 0 amide bonds. The van der Waals surface area contributed by atoms with Crippen LogP contribution in [0.3, 0.4) is 0 Å². The average molecular weight is 371 g/mol. The Labute approximate surface area is 164 Å². The molecule has 0 saturated carbocycles. The van der Waals surface area contributed by atoms with Gasteiger partial charge in [-0.25, -0.2) is 9.78 Å². The van der Waals surface area contributed by atoms with Crippen molar-refractivity contribution in [3.05, 3.63) is 64.2 Å². The van der Waals surface area contributed by atoms with Crippen molar-refractivity contribution in [2.45, 2.75) is 72.3 Å². The van der Waals surface area contributed by atoms with Crippen LogP contribution in [-0.4, -0.2) is 11.7 Å². The molecule has 0 atom stereocenters. The number of aryl methyl sites for hydroxylation is 1. The Morgan fingerprint density at radius 3 is 1.78 bits per heavy atom. The number of hydrogen-bond acceptors (Lipinski definition) is 3. The monoisotopic (exact) mass is 370 g/mol. The molecule has 0 bridgehead atoms. The number of phenols is 1. The van der Waals surface area contributed by atoms with Crippen LogP contribution >= 0.6 is 0 Å². The summed E-state index contributed by atoms with van der Waals surface area (Å²) in [6, 6.07) is 12.4. The molecule has 3 nitrogen and oxygen atoms in total. The molecule has 0 aromatic heterocycles. The van der Waals surface area contributed by atoms with E-state index in [9.17, 15) is 5.11 Å². The Morgan fingerprint density at radius 1 is 0.778 bits per heavy atom. The largest absolute Gasteiger partial charge is 0.507 e. The lowest BCUT2D eigenvalue weighted by Crippen LogP contribution is -2.18. The molecule has 0 aliphatic rings. The molecule has 3 heteroatoms. The summed E-state index contributed by atoms with van der Waals surface area (Å²) in [5, 5.41) is 10.8. The van der Waals surface area contributed by atoms with Gasteiger partial charge in [-0.15, -0.1) is 0 Å². The molecule has 2 aromatic rings. The standard InChI is InChI=1S/C24H34O3/c1-17-8-10-18(11-9-17)16-27-26-13-12-19-14-20(23(2,3)4)22(25)21(15-19)24(5,6)7/h8-11,14-15,25H,12-13,16H2,1-7H3. The predicted octanol–water partition coefficient (Wildman–Crippen LogP) is 5.99. The smallest absolute Gasteiger partial charge is 0.123 e. The molecule has 148 valence electrons.